The monoisotopic (exact) mass is 292 g/mol. The lowest BCUT2D eigenvalue weighted by Crippen LogP contribution is -3.00. The number of para-hydroxylation sites is 2. The Morgan fingerprint density at radius 1 is 1.30 bits per heavy atom. The molecule has 0 unspecified atom stereocenters. The summed E-state index contributed by atoms with van der Waals surface area (Å²) in [6.45, 7) is 1.57. The van der Waals surface area contributed by atoms with Gasteiger partial charge in [-0.25, -0.2) is 0 Å². The number of allylic oxidation sites excluding steroid dienone is 1. The minimum absolute atomic E-state index is 0. The first-order valence-corrected chi connectivity index (χ1v) is 6.62. The van der Waals surface area contributed by atoms with Crippen LogP contribution in [-0.2, 0) is 4.79 Å². The highest BCUT2D eigenvalue weighted by molar-refractivity contribution is 5.96. The van der Waals surface area contributed by atoms with Gasteiger partial charge in [0.2, 0.25) is 6.54 Å². The van der Waals surface area contributed by atoms with Gasteiger partial charge in [-0.1, -0.05) is 12.1 Å². The zero-order valence-corrected chi connectivity index (χ0v) is 11.9. The molecule has 0 saturated carbocycles. The van der Waals surface area contributed by atoms with Crippen molar-refractivity contribution < 1.29 is 26.5 Å². The number of benzene rings is 1. The number of anilines is 1. The maximum Gasteiger partial charge on any atom is 0.293 e. The molecule has 20 heavy (non-hydrogen) atoms. The number of amides is 1. The third kappa shape index (κ3) is 3.02. The third-order valence-electron chi connectivity index (χ3n) is 3.34. The van der Waals surface area contributed by atoms with E-state index in [2.05, 4.69) is 12.3 Å². The molecule has 0 atom stereocenters. The molecule has 106 valence electrons. The summed E-state index contributed by atoms with van der Waals surface area (Å²) in [6.07, 6.45) is 8.22. The first-order chi connectivity index (χ1) is 9.34. The molecule has 2 aliphatic rings. The van der Waals surface area contributed by atoms with Crippen LogP contribution in [0.15, 0.2) is 36.5 Å². The van der Waals surface area contributed by atoms with Crippen molar-refractivity contribution in [1.29, 1.82) is 0 Å². The number of carbonyl (C=O) groups is 1. The van der Waals surface area contributed by atoms with Gasteiger partial charge in [-0.3, -0.25) is 4.79 Å². The van der Waals surface area contributed by atoms with Crippen LogP contribution in [0.5, 0.6) is 5.75 Å². The van der Waals surface area contributed by atoms with E-state index in [4.69, 9.17) is 4.74 Å². The van der Waals surface area contributed by atoms with E-state index >= 15 is 0 Å². The lowest BCUT2D eigenvalue weighted by Gasteiger charge is -2.28. The van der Waals surface area contributed by atoms with Crippen molar-refractivity contribution in [2.24, 2.45) is 0 Å². The van der Waals surface area contributed by atoms with Gasteiger partial charge >= 0.3 is 0 Å². The van der Waals surface area contributed by atoms with Crippen molar-refractivity contribution in [3.63, 3.8) is 0 Å². The van der Waals surface area contributed by atoms with Crippen LogP contribution >= 0.6 is 0 Å². The van der Waals surface area contributed by atoms with Crippen LogP contribution in [0.4, 0.5) is 5.69 Å². The number of fused-ring (bicyclic) bond motifs is 1. The fraction of sp³-hybridized carbons (Fsp3) is 0.333. The number of halogens is 1. The average molecular weight is 293 g/mol. The van der Waals surface area contributed by atoms with Gasteiger partial charge in [-0.15, -0.1) is 0 Å². The molecular formula is C15H17ClN2O2. The van der Waals surface area contributed by atoms with Crippen molar-refractivity contribution in [1.82, 2.24) is 0 Å². The molecule has 1 aromatic carbocycles. The van der Waals surface area contributed by atoms with Crippen molar-refractivity contribution in [2.75, 3.05) is 24.6 Å². The number of ether oxygens (including phenoxy) is 1. The fourth-order valence-electron chi connectivity index (χ4n) is 2.39. The van der Waals surface area contributed by atoms with E-state index in [1.165, 1.54) is 0 Å². The van der Waals surface area contributed by atoms with Gasteiger partial charge in [0, 0.05) is 6.42 Å². The fourth-order valence-corrected chi connectivity index (χ4v) is 2.39. The molecule has 5 heteroatoms. The molecule has 0 aromatic heterocycles. The zero-order valence-electron chi connectivity index (χ0n) is 11.2. The second-order valence-electron chi connectivity index (χ2n) is 4.68. The molecule has 1 amide bonds. The average Bonchev–Trinajstić information content (AvgIpc) is 2.47. The number of nitrogens with zero attached hydrogens (tertiary/aromatic N) is 2. The van der Waals surface area contributed by atoms with Crippen molar-refractivity contribution >= 4 is 17.8 Å². The smallest absolute Gasteiger partial charge is 0.293 e. The van der Waals surface area contributed by atoms with Crippen molar-refractivity contribution in [2.45, 2.75) is 12.8 Å². The van der Waals surface area contributed by atoms with Gasteiger partial charge in [0.25, 0.3) is 5.91 Å². The minimum atomic E-state index is 0. The Morgan fingerprint density at radius 3 is 2.95 bits per heavy atom. The highest BCUT2D eigenvalue weighted by Crippen LogP contribution is 2.30. The van der Waals surface area contributed by atoms with E-state index in [0.717, 1.165) is 24.3 Å². The second-order valence-corrected chi connectivity index (χ2v) is 4.68. The highest BCUT2D eigenvalue weighted by atomic mass is 35.5. The first-order valence-electron chi connectivity index (χ1n) is 6.62. The van der Waals surface area contributed by atoms with Crippen LogP contribution in [0.1, 0.15) is 12.8 Å². The highest BCUT2D eigenvalue weighted by Gasteiger charge is 2.25. The summed E-state index contributed by atoms with van der Waals surface area (Å²) in [6, 6.07) is 7.69. The van der Waals surface area contributed by atoms with Crippen LogP contribution in [0, 0.1) is 0 Å². The largest absolute Gasteiger partial charge is 1.00 e. The van der Waals surface area contributed by atoms with Gasteiger partial charge in [0.05, 0.1) is 12.2 Å². The maximum absolute atomic E-state index is 12.4. The van der Waals surface area contributed by atoms with Crippen molar-refractivity contribution in [3.8, 4) is 5.75 Å². The van der Waals surface area contributed by atoms with E-state index in [-0.39, 0.29) is 18.3 Å². The van der Waals surface area contributed by atoms with Crippen LogP contribution in [-0.4, -0.2) is 36.4 Å². The minimum Gasteiger partial charge on any atom is -1.00 e. The van der Waals surface area contributed by atoms with Gasteiger partial charge in [-0.05, 0) is 24.6 Å². The predicted octanol–water partition coefficient (Wildman–Crippen LogP) is -1.19. The van der Waals surface area contributed by atoms with E-state index in [1.807, 2.05) is 39.9 Å². The molecule has 0 saturated heterocycles. The molecular weight excluding hydrogens is 276 g/mol. The van der Waals surface area contributed by atoms with E-state index in [9.17, 15) is 4.79 Å². The third-order valence-corrected chi connectivity index (χ3v) is 3.34. The summed E-state index contributed by atoms with van der Waals surface area (Å²) in [5, 5.41) is 0. The Labute approximate surface area is 124 Å². The number of hydrogen-bond acceptors (Lipinski definition) is 2. The molecule has 0 aliphatic carbocycles. The summed E-state index contributed by atoms with van der Waals surface area (Å²) in [7, 11) is 0. The Morgan fingerprint density at radius 2 is 2.15 bits per heavy atom. The van der Waals surface area contributed by atoms with Crippen molar-refractivity contribution in [3.05, 3.63) is 36.5 Å². The molecule has 1 aromatic rings. The van der Waals surface area contributed by atoms with Crippen LogP contribution in [0.3, 0.4) is 0 Å². The Bertz CT molecular complexity index is 555. The van der Waals surface area contributed by atoms with Gasteiger partial charge in [-0.2, -0.15) is 4.58 Å². The molecule has 4 nitrogen and oxygen atoms in total. The van der Waals surface area contributed by atoms with E-state index < -0.39 is 0 Å². The molecule has 2 aliphatic heterocycles. The predicted molar refractivity (Wildman–Crippen MR) is 73.9 cm³/mol. The lowest BCUT2D eigenvalue weighted by atomic mass is 10.2. The van der Waals surface area contributed by atoms with E-state index in [1.54, 1.807) is 0 Å². The van der Waals surface area contributed by atoms with Crippen LogP contribution in [0.2, 0.25) is 0 Å². The quantitative estimate of drug-likeness (QED) is 0.642. The van der Waals surface area contributed by atoms with E-state index in [0.29, 0.717) is 19.7 Å². The van der Waals surface area contributed by atoms with Gasteiger partial charge < -0.3 is 22.0 Å². The lowest BCUT2D eigenvalue weighted by molar-refractivity contribution is -0.442. The summed E-state index contributed by atoms with van der Waals surface area (Å²) < 4.78 is 7.53. The number of hydrogen-bond donors (Lipinski definition) is 0. The Kier molecular flexibility index (Phi) is 4.79. The summed E-state index contributed by atoms with van der Waals surface area (Å²) in [4.78, 5) is 14.2. The summed E-state index contributed by atoms with van der Waals surface area (Å²) >= 11 is 0. The van der Waals surface area contributed by atoms with Crippen LogP contribution in [0.25, 0.3) is 0 Å². The van der Waals surface area contributed by atoms with Gasteiger partial charge in [0.15, 0.2) is 6.20 Å². The first kappa shape index (κ1) is 14.6. The summed E-state index contributed by atoms with van der Waals surface area (Å²) in [5.74, 6) is 0.902. The molecule has 0 N–H and O–H groups in total. The normalized spacial score (nSPS) is 16.6. The Balaban J connectivity index is 0.00000147. The molecule has 2 heterocycles. The second kappa shape index (κ2) is 6.57. The molecule has 3 rings (SSSR count). The standard InChI is InChI=1S/C15H17N2O2.ClH/c18-15(12-16-8-4-1-5-9-16)17-10-11-19-14-7-3-2-6-13(14)17;/h2-4,6-9H,1,5,10-12H2;1H/q+1;/p-1. The molecule has 0 bridgehead atoms. The number of rotatable bonds is 2. The maximum atomic E-state index is 12.4. The van der Waals surface area contributed by atoms with Gasteiger partial charge in [0.1, 0.15) is 18.6 Å². The molecule has 0 fully saturated rings. The Hall–Kier alpha value is -1.81. The molecule has 0 spiro atoms. The zero-order chi connectivity index (χ0) is 13.1. The SMILES string of the molecule is O=C(C[N+]1=CCCC=C1)N1CCOc2ccccc21.[Cl-]. The molecule has 0 radical (unpaired) electrons. The van der Waals surface area contributed by atoms with Crippen LogP contribution < -0.4 is 22.0 Å². The topological polar surface area (TPSA) is 32.5 Å². The number of carbonyl (C=O) groups excluding carboxylic acids is 1. The summed E-state index contributed by atoms with van der Waals surface area (Å²) in [5.41, 5.74) is 0.875.